The number of hydrogen-bond acceptors (Lipinski definition) is 1. The van der Waals surface area contributed by atoms with Gasteiger partial charge in [-0.25, -0.2) is 0 Å². The van der Waals surface area contributed by atoms with Crippen molar-refractivity contribution in [2.24, 2.45) is 0 Å². The van der Waals surface area contributed by atoms with Crippen molar-refractivity contribution in [2.45, 2.75) is 25.7 Å². The van der Waals surface area contributed by atoms with Crippen LogP contribution in [0.15, 0.2) is 34.7 Å². The van der Waals surface area contributed by atoms with Crippen molar-refractivity contribution >= 4 is 11.0 Å². The van der Waals surface area contributed by atoms with Crippen LogP contribution in [0, 0.1) is 12.3 Å². The Morgan fingerprint density at radius 2 is 2.20 bits per heavy atom. The van der Waals surface area contributed by atoms with E-state index in [2.05, 4.69) is 18.9 Å². The Morgan fingerprint density at radius 3 is 2.87 bits per heavy atom. The highest BCUT2D eigenvalue weighted by molar-refractivity contribution is 5.77. The first-order chi connectivity index (χ1) is 7.35. The molecule has 2 aromatic rings. The van der Waals surface area contributed by atoms with Crippen molar-refractivity contribution in [3.05, 3.63) is 36.1 Å². The average molecular weight is 198 g/mol. The summed E-state index contributed by atoms with van der Waals surface area (Å²) in [6.45, 7) is 2.13. The first kappa shape index (κ1) is 9.86. The topological polar surface area (TPSA) is 13.1 Å². The van der Waals surface area contributed by atoms with Gasteiger partial charge in [-0.1, -0.05) is 37.5 Å². The molecule has 0 amide bonds. The van der Waals surface area contributed by atoms with Gasteiger partial charge in [0.15, 0.2) is 0 Å². The lowest BCUT2D eigenvalue weighted by atomic mass is 10.0. The normalized spacial score (nSPS) is 12.5. The zero-order valence-electron chi connectivity index (χ0n) is 8.86. The lowest BCUT2D eigenvalue weighted by molar-refractivity contribution is 0.514. The number of hydrogen-bond donors (Lipinski definition) is 0. The minimum atomic E-state index is 0.113. The van der Waals surface area contributed by atoms with Gasteiger partial charge in [0.2, 0.25) is 0 Å². The van der Waals surface area contributed by atoms with Crippen LogP contribution in [0.3, 0.4) is 0 Å². The van der Waals surface area contributed by atoms with Gasteiger partial charge in [0.25, 0.3) is 0 Å². The maximum absolute atomic E-state index is 5.73. The summed E-state index contributed by atoms with van der Waals surface area (Å²) in [5.41, 5.74) is 0.920. The van der Waals surface area contributed by atoms with Crippen LogP contribution in [0.5, 0.6) is 0 Å². The van der Waals surface area contributed by atoms with Crippen LogP contribution in [0.2, 0.25) is 0 Å². The maximum Gasteiger partial charge on any atom is 0.134 e. The summed E-state index contributed by atoms with van der Waals surface area (Å²) in [5.74, 6) is 3.82. The highest BCUT2D eigenvalue weighted by Gasteiger charge is 2.12. The summed E-state index contributed by atoms with van der Waals surface area (Å²) < 4.78 is 5.73. The van der Waals surface area contributed by atoms with Crippen LogP contribution >= 0.6 is 0 Å². The molecule has 1 atom stereocenters. The highest BCUT2D eigenvalue weighted by Crippen LogP contribution is 2.27. The van der Waals surface area contributed by atoms with Crippen molar-refractivity contribution in [1.82, 2.24) is 0 Å². The molecule has 2 rings (SSSR count). The van der Waals surface area contributed by atoms with Crippen molar-refractivity contribution in [1.29, 1.82) is 0 Å². The highest BCUT2D eigenvalue weighted by atomic mass is 16.3. The molecule has 1 aromatic heterocycles. The lowest BCUT2D eigenvalue weighted by Gasteiger charge is -2.03. The molecule has 76 valence electrons. The minimum absolute atomic E-state index is 0.113. The largest absolute Gasteiger partial charge is 0.460 e. The zero-order valence-corrected chi connectivity index (χ0v) is 8.86. The second kappa shape index (κ2) is 4.23. The van der Waals surface area contributed by atoms with Crippen LogP contribution in [0.4, 0.5) is 0 Å². The van der Waals surface area contributed by atoms with E-state index in [1.807, 2.05) is 24.3 Å². The van der Waals surface area contributed by atoms with Crippen LogP contribution in [-0.4, -0.2) is 0 Å². The standard InChI is InChI=1S/C14H14O/c1-3-7-11(4-2)14-10-12-8-5-6-9-13(12)15-14/h2,5-6,8-11H,3,7H2,1H3. The number of furan rings is 1. The summed E-state index contributed by atoms with van der Waals surface area (Å²) >= 11 is 0. The van der Waals surface area contributed by atoms with E-state index in [9.17, 15) is 0 Å². The van der Waals surface area contributed by atoms with E-state index in [4.69, 9.17) is 10.8 Å². The van der Waals surface area contributed by atoms with Crippen molar-refractivity contribution in [2.75, 3.05) is 0 Å². The number of rotatable bonds is 3. The summed E-state index contributed by atoms with van der Waals surface area (Å²) in [6, 6.07) is 10.0. The first-order valence-corrected chi connectivity index (χ1v) is 5.29. The molecule has 0 aliphatic rings. The zero-order chi connectivity index (χ0) is 10.7. The lowest BCUT2D eigenvalue weighted by Crippen LogP contribution is -1.91. The summed E-state index contributed by atoms with van der Waals surface area (Å²) in [5, 5.41) is 1.13. The Balaban J connectivity index is 2.39. The van der Waals surface area contributed by atoms with Gasteiger partial charge in [0.1, 0.15) is 11.3 Å². The maximum atomic E-state index is 5.73. The average Bonchev–Trinajstić information content (AvgIpc) is 2.69. The third-order valence-corrected chi connectivity index (χ3v) is 2.57. The summed E-state index contributed by atoms with van der Waals surface area (Å²) in [7, 11) is 0. The number of terminal acetylenes is 1. The SMILES string of the molecule is C#CC(CCC)c1cc2ccccc2o1. The van der Waals surface area contributed by atoms with E-state index in [1.165, 1.54) is 0 Å². The van der Waals surface area contributed by atoms with Gasteiger partial charge < -0.3 is 4.42 Å². The van der Waals surface area contributed by atoms with Gasteiger partial charge >= 0.3 is 0 Å². The molecule has 0 radical (unpaired) electrons. The number of benzene rings is 1. The molecule has 0 N–H and O–H groups in total. The van der Waals surface area contributed by atoms with E-state index >= 15 is 0 Å². The monoisotopic (exact) mass is 198 g/mol. The molecule has 0 saturated carbocycles. The Hall–Kier alpha value is -1.68. The third-order valence-electron chi connectivity index (χ3n) is 2.57. The van der Waals surface area contributed by atoms with Crippen molar-refractivity contribution in [3.63, 3.8) is 0 Å². The molecule has 1 heterocycles. The molecule has 0 bridgehead atoms. The van der Waals surface area contributed by atoms with Crippen molar-refractivity contribution < 1.29 is 4.42 Å². The van der Waals surface area contributed by atoms with E-state index in [-0.39, 0.29) is 5.92 Å². The molecule has 0 fully saturated rings. The molecular weight excluding hydrogens is 184 g/mol. The Kier molecular flexibility index (Phi) is 2.78. The van der Waals surface area contributed by atoms with Crippen LogP contribution in [0.25, 0.3) is 11.0 Å². The second-order valence-electron chi connectivity index (χ2n) is 3.69. The fourth-order valence-corrected chi connectivity index (χ4v) is 1.77. The molecule has 0 saturated heterocycles. The van der Waals surface area contributed by atoms with E-state index in [1.54, 1.807) is 0 Å². The molecule has 1 aromatic carbocycles. The smallest absolute Gasteiger partial charge is 0.134 e. The third kappa shape index (κ3) is 1.89. The Labute approximate surface area is 90.1 Å². The van der Waals surface area contributed by atoms with Gasteiger partial charge in [-0.2, -0.15) is 0 Å². The first-order valence-electron chi connectivity index (χ1n) is 5.29. The van der Waals surface area contributed by atoms with Crippen LogP contribution in [-0.2, 0) is 0 Å². The molecule has 0 aliphatic heterocycles. The Morgan fingerprint density at radius 1 is 1.40 bits per heavy atom. The van der Waals surface area contributed by atoms with Gasteiger partial charge in [-0.15, -0.1) is 6.42 Å². The van der Waals surface area contributed by atoms with Crippen LogP contribution in [0.1, 0.15) is 31.4 Å². The molecule has 0 spiro atoms. The summed E-state index contributed by atoms with van der Waals surface area (Å²) in [6.07, 6.45) is 7.56. The van der Waals surface area contributed by atoms with Crippen molar-refractivity contribution in [3.8, 4) is 12.3 Å². The van der Waals surface area contributed by atoms with E-state index in [0.29, 0.717) is 0 Å². The van der Waals surface area contributed by atoms with Gasteiger partial charge in [0.05, 0.1) is 5.92 Å². The molecular formula is C14H14O. The number of para-hydroxylation sites is 1. The van der Waals surface area contributed by atoms with E-state index < -0.39 is 0 Å². The summed E-state index contributed by atoms with van der Waals surface area (Å²) in [4.78, 5) is 0. The number of fused-ring (bicyclic) bond motifs is 1. The second-order valence-corrected chi connectivity index (χ2v) is 3.69. The fourth-order valence-electron chi connectivity index (χ4n) is 1.77. The van der Waals surface area contributed by atoms with Gasteiger partial charge in [0, 0.05) is 5.39 Å². The van der Waals surface area contributed by atoms with Crippen LogP contribution < -0.4 is 0 Å². The van der Waals surface area contributed by atoms with Gasteiger partial charge in [-0.05, 0) is 18.6 Å². The predicted molar refractivity (Wildman–Crippen MR) is 62.7 cm³/mol. The quantitative estimate of drug-likeness (QED) is 0.680. The Bertz CT molecular complexity index is 454. The molecule has 15 heavy (non-hydrogen) atoms. The van der Waals surface area contributed by atoms with Gasteiger partial charge in [-0.3, -0.25) is 0 Å². The molecule has 0 aliphatic carbocycles. The predicted octanol–water partition coefficient (Wildman–Crippen LogP) is 3.95. The van der Waals surface area contributed by atoms with E-state index in [0.717, 1.165) is 29.6 Å². The minimum Gasteiger partial charge on any atom is -0.460 e. The molecule has 1 nitrogen and oxygen atoms in total. The molecule has 1 heteroatoms. The molecule has 1 unspecified atom stereocenters. The fraction of sp³-hybridized carbons (Fsp3) is 0.286.